The Morgan fingerprint density at radius 3 is 2.26 bits per heavy atom. The molecule has 0 aromatic heterocycles. The van der Waals surface area contributed by atoms with E-state index in [4.69, 9.17) is 28.4 Å². The van der Waals surface area contributed by atoms with Gasteiger partial charge in [-0.15, -0.1) is 0 Å². The van der Waals surface area contributed by atoms with Gasteiger partial charge in [0.15, 0.2) is 29.1 Å². The van der Waals surface area contributed by atoms with Gasteiger partial charge >= 0.3 is 6.04 Å². The molecule has 2 heterocycles. The summed E-state index contributed by atoms with van der Waals surface area (Å²) in [6, 6.07) is 13.9. The van der Waals surface area contributed by atoms with Crippen LogP contribution in [0.15, 0.2) is 54.6 Å². The largest absolute Gasteiger partial charge is 0.493 e. The van der Waals surface area contributed by atoms with Gasteiger partial charge in [-0.1, -0.05) is 30.3 Å². The van der Waals surface area contributed by atoms with Crippen LogP contribution in [0, 0.1) is 10.1 Å². The molecule has 3 aromatic rings. The van der Waals surface area contributed by atoms with Crippen LogP contribution < -0.4 is 28.4 Å². The van der Waals surface area contributed by atoms with Crippen LogP contribution in [0.25, 0.3) is 0 Å². The van der Waals surface area contributed by atoms with Gasteiger partial charge in [0.2, 0.25) is 18.3 Å². The smallest absolute Gasteiger partial charge is 0.315 e. The number of nitro groups is 1. The number of methoxy groups -OCH3 is 2. The van der Waals surface area contributed by atoms with E-state index < -0.39 is 22.9 Å². The zero-order valence-corrected chi connectivity index (χ0v) is 18.9. The van der Waals surface area contributed by atoms with Crippen LogP contribution in [0.5, 0.6) is 34.5 Å². The van der Waals surface area contributed by atoms with Gasteiger partial charge in [0.25, 0.3) is 0 Å². The highest BCUT2D eigenvalue weighted by molar-refractivity contribution is 6.04. The van der Waals surface area contributed by atoms with Crippen LogP contribution >= 0.6 is 0 Å². The maximum atomic E-state index is 13.2. The molecule has 0 radical (unpaired) electrons. The zero-order chi connectivity index (χ0) is 24.5. The van der Waals surface area contributed by atoms with Crippen molar-refractivity contribution in [1.82, 2.24) is 0 Å². The second-order valence-electron chi connectivity index (χ2n) is 7.86. The Morgan fingerprint density at radius 1 is 0.971 bits per heavy atom. The quantitative estimate of drug-likeness (QED) is 0.367. The predicted molar refractivity (Wildman–Crippen MR) is 121 cm³/mol. The van der Waals surface area contributed by atoms with Crippen molar-refractivity contribution in [2.45, 2.75) is 18.8 Å². The Balaban J connectivity index is 1.53. The first kappa shape index (κ1) is 22.3. The molecule has 0 amide bonds. The molecule has 180 valence electrons. The van der Waals surface area contributed by atoms with E-state index in [-0.39, 0.29) is 36.2 Å². The van der Waals surface area contributed by atoms with E-state index in [1.165, 1.54) is 26.4 Å². The molecule has 10 heteroatoms. The van der Waals surface area contributed by atoms with Crippen molar-refractivity contribution in [2.24, 2.45) is 0 Å². The van der Waals surface area contributed by atoms with Crippen LogP contribution in [0.2, 0.25) is 0 Å². The Hall–Kier alpha value is -4.47. The number of hydrogen-bond donors (Lipinski definition) is 0. The lowest BCUT2D eigenvalue weighted by molar-refractivity contribution is -0.517. The van der Waals surface area contributed by atoms with E-state index >= 15 is 0 Å². The summed E-state index contributed by atoms with van der Waals surface area (Å²) in [5.41, 5.74) is 1.32. The molecule has 10 nitrogen and oxygen atoms in total. The molecule has 2 aliphatic rings. The number of ketones is 1. The van der Waals surface area contributed by atoms with E-state index in [0.717, 1.165) is 5.56 Å². The Morgan fingerprint density at radius 2 is 1.63 bits per heavy atom. The van der Waals surface area contributed by atoms with Crippen LogP contribution in [-0.4, -0.2) is 37.8 Å². The van der Waals surface area contributed by atoms with Gasteiger partial charge < -0.3 is 28.4 Å². The van der Waals surface area contributed by atoms with Crippen molar-refractivity contribution >= 4 is 5.78 Å². The first-order valence-corrected chi connectivity index (χ1v) is 10.7. The predicted octanol–water partition coefficient (Wildman–Crippen LogP) is 3.97. The third kappa shape index (κ3) is 4.03. The summed E-state index contributed by atoms with van der Waals surface area (Å²) in [7, 11) is 2.89. The number of carbonyl (C=O) groups is 1. The standard InChI is InChI=1S/C25H21NO9/c1-30-20-8-15(9-21(31-2)25(20)32-12-14-6-4-3-5-7-14)24-22(26(28)29)23(27)16-10-18-19(34-13-33-18)11-17(16)35-24/h3-11,22,24H,12-13H2,1-2H3. The molecule has 0 saturated carbocycles. The highest BCUT2D eigenvalue weighted by Crippen LogP contribution is 2.47. The number of nitrogens with zero attached hydrogens (tertiary/aromatic N) is 1. The van der Waals surface area contributed by atoms with Crippen molar-refractivity contribution in [3.05, 3.63) is 81.4 Å². The van der Waals surface area contributed by atoms with Crippen molar-refractivity contribution in [1.29, 1.82) is 0 Å². The fourth-order valence-electron chi connectivity index (χ4n) is 4.10. The average molecular weight is 479 g/mol. The lowest BCUT2D eigenvalue weighted by Crippen LogP contribution is -2.42. The molecular formula is C25H21NO9. The summed E-state index contributed by atoms with van der Waals surface area (Å²) in [6.45, 7) is 0.247. The third-order valence-electron chi connectivity index (χ3n) is 5.81. The number of carbonyl (C=O) groups excluding carboxylic acids is 1. The number of hydrogen-bond acceptors (Lipinski definition) is 9. The molecule has 0 bridgehead atoms. The molecule has 0 N–H and O–H groups in total. The average Bonchev–Trinajstić information content (AvgIpc) is 3.33. The first-order chi connectivity index (χ1) is 17.0. The molecule has 2 unspecified atom stereocenters. The SMILES string of the molecule is COc1cc(C2Oc3cc4c(cc3C(=O)C2[N+](=O)[O-])OCO4)cc(OC)c1OCc1ccccc1. The molecule has 0 fully saturated rings. The van der Waals surface area contributed by atoms with Crippen LogP contribution in [-0.2, 0) is 6.61 Å². The Labute approximate surface area is 200 Å². The molecular weight excluding hydrogens is 458 g/mol. The van der Waals surface area contributed by atoms with Gasteiger partial charge in [0.1, 0.15) is 12.4 Å². The molecule has 0 saturated heterocycles. The molecule has 3 aromatic carbocycles. The third-order valence-corrected chi connectivity index (χ3v) is 5.81. The van der Waals surface area contributed by atoms with E-state index in [9.17, 15) is 14.9 Å². The molecule has 2 aliphatic heterocycles. The van der Waals surface area contributed by atoms with Gasteiger partial charge in [-0.25, -0.2) is 0 Å². The number of rotatable bonds is 7. The highest BCUT2D eigenvalue weighted by atomic mass is 16.7. The summed E-state index contributed by atoms with van der Waals surface area (Å²) in [5, 5.41) is 12.0. The van der Waals surface area contributed by atoms with Crippen molar-refractivity contribution < 1.29 is 38.1 Å². The Bertz CT molecular complexity index is 1270. The van der Waals surface area contributed by atoms with Crippen molar-refractivity contribution in [3.63, 3.8) is 0 Å². The number of Topliss-reactive ketones (excluding diaryl/α,β-unsaturated/α-hetero) is 1. The minimum absolute atomic E-state index is 0.00660. The van der Waals surface area contributed by atoms with E-state index in [2.05, 4.69) is 0 Å². The van der Waals surface area contributed by atoms with Crippen molar-refractivity contribution in [3.8, 4) is 34.5 Å². The number of ether oxygens (including phenoxy) is 6. The van der Waals surface area contributed by atoms with E-state index in [0.29, 0.717) is 22.8 Å². The summed E-state index contributed by atoms with van der Waals surface area (Å²) in [5.74, 6) is 1.10. The van der Waals surface area contributed by atoms with Gasteiger partial charge in [-0.2, -0.15) is 0 Å². The summed E-state index contributed by atoms with van der Waals surface area (Å²) in [6.07, 6.45) is -1.24. The van der Waals surface area contributed by atoms with Crippen LogP contribution in [0.1, 0.15) is 27.6 Å². The van der Waals surface area contributed by atoms with Crippen LogP contribution in [0.3, 0.4) is 0 Å². The molecule has 35 heavy (non-hydrogen) atoms. The lowest BCUT2D eigenvalue weighted by atomic mass is 9.91. The Kier molecular flexibility index (Phi) is 5.77. The minimum atomic E-state index is -1.69. The number of benzene rings is 3. The normalized spacial score (nSPS) is 17.8. The molecule has 0 aliphatic carbocycles. The van der Waals surface area contributed by atoms with Gasteiger partial charge in [-0.05, 0) is 23.8 Å². The maximum Gasteiger partial charge on any atom is 0.315 e. The number of fused-ring (bicyclic) bond motifs is 2. The van der Waals surface area contributed by atoms with Crippen molar-refractivity contribution in [2.75, 3.05) is 21.0 Å². The van der Waals surface area contributed by atoms with Crippen LogP contribution in [0.4, 0.5) is 0 Å². The lowest BCUT2D eigenvalue weighted by Gasteiger charge is -2.28. The van der Waals surface area contributed by atoms with Gasteiger partial charge in [0, 0.05) is 16.6 Å². The minimum Gasteiger partial charge on any atom is -0.493 e. The van der Waals surface area contributed by atoms with E-state index in [1.54, 1.807) is 12.1 Å². The highest BCUT2D eigenvalue weighted by Gasteiger charge is 2.48. The molecule has 0 spiro atoms. The van der Waals surface area contributed by atoms with Gasteiger partial charge in [0.05, 0.1) is 19.8 Å². The molecule has 5 rings (SSSR count). The molecule has 2 atom stereocenters. The van der Waals surface area contributed by atoms with Gasteiger partial charge in [-0.3, -0.25) is 14.9 Å². The van der Waals surface area contributed by atoms with E-state index in [1.807, 2.05) is 30.3 Å². The zero-order valence-electron chi connectivity index (χ0n) is 18.9. The second-order valence-corrected chi connectivity index (χ2v) is 7.86. The fourth-order valence-corrected chi connectivity index (χ4v) is 4.10. The first-order valence-electron chi connectivity index (χ1n) is 10.7. The maximum absolute atomic E-state index is 13.2. The monoisotopic (exact) mass is 479 g/mol. The topological polar surface area (TPSA) is 116 Å². The summed E-state index contributed by atoms with van der Waals surface area (Å²) in [4.78, 5) is 24.5. The summed E-state index contributed by atoms with van der Waals surface area (Å²) < 4.78 is 33.6. The summed E-state index contributed by atoms with van der Waals surface area (Å²) >= 11 is 0. The second kappa shape index (κ2) is 9.05. The fraction of sp³-hybridized carbons (Fsp3) is 0.240.